The van der Waals surface area contributed by atoms with Crippen molar-refractivity contribution in [2.24, 2.45) is 11.7 Å². The average Bonchev–Trinajstić information content (AvgIpc) is 2.14. The van der Waals surface area contributed by atoms with E-state index < -0.39 is 29.7 Å². The first kappa shape index (κ1) is 15.9. The minimum atomic E-state index is -1.07. The van der Waals surface area contributed by atoms with E-state index in [0.29, 0.717) is 0 Å². The Bertz CT molecular complexity index is 270. The van der Waals surface area contributed by atoms with E-state index in [2.05, 4.69) is 4.74 Å². The van der Waals surface area contributed by atoms with Crippen LogP contribution in [-0.2, 0) is 19.1 Å². The highest BCUT2D eigenvalue weighted by atomic mass is 16.6. The summed E-state index contributed by atoms with van der Waals surface area (Å²) in [7, 11) is 1.19. The second-order valence-electron chi connectivity index (χ2n) is 4.75. The zero-order chi connectivity index (χ0) is 13.6. The Morgan fingerprint density at radius 2 is 1.76 bits per heavy atom. The van der Waals surface area contributed by atoms with Crippen LogP contribution in [0.15, 0.2) is 0 Å². The van der Waals surface area contributed by atoms with Crippen LogP contribution in [0.4, 0.5) is 0 Å². The number of methoxy groups -OCH3 is 1. The van der Waals surface area contributed by atoms with Crippen molar-refractivity contribution >= 4 is 11.9 Å². The molecule has 0 spiro atoms. The number of hydrogen-bond donors (Lipinski definition) is 2. The second kappa shape index (κ2) is 6.56. The highest BCUT2D eigenvalue weighted by molar-refractivity contribution is 5.94. The minimum absolute atomic E-state index is 0.0965. The molecule has 0 saturated carbocycles. The fourth-order valence-corrected chi connectivity index (χ4v) is 1.18. The van der Waals surface area contributed by atoms with Gasteiger partial charge in [0.25, 0.3) is 0 Å². The van der Waals surface area contributed by atoms with Crippen molar-refractivity contribution in [1.29, 1.82) is 0 Å². The first-order valence-electron chi connectivity index (χ1n) is 5.41. The molecule has 0 saturated heterocycles. The molecule has 0 bridgehead atoms. The summed E-state index contributed by atoms with van der Waals surface area (Å²) in [5.74, 6) is -2.39. The topological polar surface area (TPSA) is 98.9 Å². The number of esters is 2. The van der Waals surface area contributed by atoms with E-state index in [1.807, 2.05) is 0 Å². The maximum atomic E-state index is 11.7. The molecule has 0 aliphatic rings. The van der Waals surface area contributed by atoms with Gasteiger partial charge in [0, 0.05) is 0 Å². The van der Waals surface area contributed by atoms with E-state index in [9.17, 15) is 9.59 Å². The van der Waals surface area contributed by atoms with Gasteiger partial charge in [0.05, 0.1) is 7.11 Å². The Balaban J connectivity index is 4.57. The predicted octanol–water partition coefficient (Wildman–Crippen LogP) is 0.175. The second-order valence-corrected chi connectivity index (χ2v) is 4.75. The van der Waals surface area contributed by atoms with Gasteiger partial charge in [-0.1, -0.05) is 0 Å². The van der Waals surface area contributed by atoms with Crippen LogP contribution in [0.3, 0.4) is 0 Å². The molecule has 0 aromatic rings. The van der Waals surface area contributed by atoms with E-state index in [4.69, 9.17) is 15.6 Å². The Morgan fingerprint density at radius 1 is 1.24 bits per heavy atom. The normalized spacial score (nSPS) is 14.9. The molecule has 6 heteroatoms. The Hall–Kier alpha value is -1.14. The first-order valence-corrected chi connectivity index (χ1v) is 5.41. The zero-order valence-electron chi connectivity index (χ0n) is 10.7. The summed E-state index contributed by atoms with van der Waals surface area (Å²) >= 11 is 0. The SMILES string of the molecule is COC(=O)C(CCC(N)O)C(=O)OC(C)(C)C. The average molecular weight is 247 g/mol. The number of nitrogens with two attached hydrogens (primary N) is 1. The van der Waals surface area contributed by atoms with Crippen LogP contribution >= 0.6 is 0 Å². The maximum Gasteiger partial charge on any atom is 0.320 e. The van der Waals surface area contributed by atoms with Crippen molar-refractivity contribution in [3.63, 3.8) is 0 Å². The number of ether oxygens (including phenoxy) is 2. The Labute approximate surface area is 101 Å². The molecule has 17 heavy (non-hydrogen) atoms. The fraction of sp³-hybridized carbons (Fsp3) is 0.818. The summed E-state index contributed by atoms with van der Waals surface area (Å²) in [5, 5.41) is 8.94. The van der Waals surface area contributed by atoms with Gasteiger partial charge >= 0.3 is 11.9 Å². The van der Waals surface area contributed by atoms with Gasteiger partial charge in [-0.15, -0.1) is 0 Å². The number of carbonyl (C=O) groups excluding carboxylic acids is 2. The predicted molar refractivity (Wildman–Crippen MR) is 60.8 cm³/mol. The van der Waals surface area contributed by atoms with Crippen LogP contribution in [0.1, 0.15) is 33.6 Å². The monoisotopic (exact) mass is 247 g/mol. The molecule has 0 aromatic heterocycles. The van der Waals surface area contributed by atoms with Gasteiger partial charge in [-0.05, 0) is 33.6 Å². The summed E-state index contributed by atoms with van der Waals surface area (Å²) in [6.45, 7) is 5.12. The van der Waals surface area contributed by atoms with Crippen LogP contribution in [0.25, 0.3) is 0 Å². The van der Waals surface area contributed by atoms with E-state index in [-0.39, 0.29) is 12.8 Å². The van der Waals surface area contributed by atoms with E-state index >= 15 is 0 Å². The molecule has 3 N–H and O–H groups in total. The van der Waals surface area contributed by atoms with Crippen molar-refractivity contribution in [3.05, 3.63) is 0 Å². The molecule has 100 valence electrons. The van der Waals surface area contributed by atoms with E-state index in [1.165, 1.54) is 7.11 Å². The third-order valence-electron chi connectivity index (χ3n) is 1.93. The van der Waals surface area contributed by atoms with Crippen LogP contribution in [0.5, 0.6) is 0 Å². The standard InChI is InChI=1S/C11H21NO5/c1-11(2,3)17-10(15)7(9(14)16-4)5-6-8(12)13/h7-8,13H,5-6,12H2,1-4H3. The van der Waals surface area contributed by atoms with Crippen molar-refractivity contribution in [3.8, 4) is 0 Å². The Morgan fingerprint density at radius 3 is 2.12 bits per heavy atom. The van der Waals surface area contributed by atoms with Crippen molar-refractivity contribution in [1.82, 2.24) is 0 Å². The van der Waals surface area contributed by atoms with Crippen LogP contribution < -0.4 is 5.73 Å². The maximum absolute atomic E-state index is 11.7. The zero-order valence-corrected chi connectivity index (χ0v) is 10.7. The molecule has 0 fully saturated rings. The molecule has 0 aliphatic heterocycles. The highest BCUT2D eigenvalue weighted by Gasteiger charge is 2.32. The number of aliphatic hydroxyl groups excluding tert-OH is 1. The fourth-order valence-electron chi connectivity index (χ4n) is 1.18. The van der Waals surface area contributed by atoms with Gasteiger partial charge in [-0.25, -0.2) is 0 Å². The Kier molecular flexibility index (Phi) is 6.12. The number of aliphatic hydroxyl groups is 1. The van der Waals surface area contributed by atoms with Gasteiger partial charge < -0.3 is 20.3 Å². The van der Waals surface area contributed by atoms with Crippen molar-refractivity contribution in [2.75, 3.05) is 7.11 Å². The third kappa shape index (κ3) is 6.91. The van der Waals surface area contributed by atoms with Crippen molar-refractivity contribution in [2.45, 2.75) is 45.4 Å². The molecule has 0 amide bonds. The van der Waals surface area contributed by atoms with Gasteiger partial charge in [-0.3, -0.25) is 9.59 Å². The molecular formula is C11H21NO5. The molecule has 0 aromatic carbocycles. The summed E-state index contributed by atoms with van der Waals surface area (Å²) in [5.41, 5.74) is 4.49. The highest BCUT2D eigenvalue weighted by Crippen LogP contribution is 2.16. The lowest BCUT2D eigenvalue weighted by Gasteiger charge is -2.23. The summed E-state index contributed by atoms with van der Waals surface area (Å²) in [6.07, 6.45) is -0.845. The lowest BCUT2D eigenvalue weighted by molar-refractivity contribution is -0.168. The summed E-state index contributed by atoms with van der Waals surface area (Å²) in [4.78, 5) is 23.1. The number of hydrogen-bond acceptors (Lipinski definition) is 6. The first-order chi connectivity index (χ1) is 7.67. The van der Waals surface area contributed by atoms with Crippen LogP contribution in [0, 0.1) is 5.92 Å². The van der Waals surface area contributed by atoms with Gasteiger partial charge in [-0.2, -0.15) is 0 Å². The molecular weight excluding hydrogens is 226 g/mol. The van der Waals surface area contributed by atoms with Gasteiger partial charge in [0.2, 0.25) is 0 Å². The van der Waals surface area contributed by atoms with Crippen molar-refractivity contribution < 1.29 is 24.2 Å². The molecule has 0 aliphatic carbocycles. The number of carbonyl (C=O) groups is 2. The lowest BCUT2D eigenvalue weighted by Crippen LogP contribution is -2.34. The van der Waals surface area contributed by atoms with Crippen LogP contribution in [0.2, 0.25) is 0 Å². The van der Waals surface area contributed by atoms with E-state index in [0.717, 1.165) is 0 Å². The molecule has 0 rings (SSSR count). The van der Waals surface area contributed by atoms with Crippen LogP contribution in [-0.4, -0.2) is 36.0 Å². The molecule has 0 radical (unpaired) electrons. The summed E-state index contributed by atoms with van der Waals surface area (Å²) < 4.78 is 9.61. The molecule has 2 atom stereocenters. The smallest absolute Gasteiger partial charge is 0.320 e. The number of rotatable bonds is 5. The van der Waals surface area contributed by atoms with E-state index in [1.54, 1.807) is 20.8 Å². The quantitative estimate of drug-likeness (QED) is 0.408. The minimum Gasteiger partial charge on any atom is -0.468 e. The molecule has 2 unspecified atom stereocenters. The summed E-state index contributed by atoms with van der Waals surface area (Å²) in [6, 6.07) is 0. The lowest BCUT2D eigenvalue weighted by atomic mass is 10.0. The third-order valence-corrected chi connectivity index (χ3v) is 1.93. The van der Waals surface area contributed by atoms with Gasteiger partial charge in [0.1, 0.15) is 11.8 Å². The molecule has 6 nitrogen and oxygen atoms in total. The molecule has 0 heterocycles. The van der Waals surface area contributed by atoms with Gasteiger partial charge in [0.15, 0.2) is 5.92 Å². The largest absolute Gasteiger partial charge is 0.468 e.